The molecule has 0 fully saturated rings. The minimum Gasteiger partial charge on any atom is -0.490 e. The van der Waals surface area contributed by atoms with Crippen molar-refractivity contribution in [3.8, 4) is 11.5 Å². The maximum Gasteiger partial charge on any atom is 0.249 e. The molecule has 2 amide bonds. The Morgan fingerprint density at radius 1 is 0.971 bits per heavy atom. The standard InChI is InChI=1S/C26H25Cl2N3O4/c1-3-34-23-13-18(10-11-22(23)35-16-19-7-4-6-17(2)12-19)15-29-31-25(33)14-24(32)30-21-9-5-8-20(27)26(21)28/h4-13,15H,3,14,16H2,1-2H3,(H,30,32)(H,31,33). The number of carbonyl (C=O) groups is 2. The van der Waals surface area contributed by atoms with Crippen LogP contribution in [0.25, 0.3) is 0 Å². The zero-order valence-corrected chi connectivity index (χ0v) is 20.8. The van der Waals surface area contributed by atoms with Crippen molar-refractivity contribution in [3.05, 3.63) is 87.4 Å². The molecule has 3 rings (SSSR count). The number of anilines is 1. The van der Waals surface area contributed by atoms with E-state index in [4.69, 9.17) is 32.7 Å². The van der Waals surface area contributed by atoms with Crippen LogP contribution in [0.4, 0.5) is 5.69 Å². The molecule has 182 valence electrons. The highest BCUT2D eigenvalue weighted by Gasteiger charge is 2.12. The second-order valence-electron chi connectivity index (χ2n) is 7.54. The van der Waals surface area contributed by atoms with E-state index in [1.807, 2.05) is 32.0 Å². The van der Waals surface area contributed by atoms with Gasteiger partial charge in [-0.2, -0.15) is 5.10 Å². The number of hydrogen-bond acceptors (Lipinski definition) is 5. The van der Waals surface area contributed by atoms with E-state index in [0.29, 0.717) is 41.0 Å². The van der Waals surface area contributed by atoms with Gasteiger partial charge in [-0.1, -0.05) is 59.1 Å². The van der Waals surface area contributed by atoms with Crippen LogP contribution >= 0.6 is 23.2 Å². The first-order valence-corrected chi connectivity index (χ1v) is 11.6. The zero-order valence-electron chi connectivity index (χ0n) is 19.3. The molecule has 0 aromatic heterocycles. The Balaban J connectivity index is 1.55. The van der Waals surface area contributed by atoms with E-state index >= 15 is 0 Å². The van der Waals surface area contributed by atoms with Crippen molar-refractivity contribution < 1.29 is 19.1 Å². The van der Waals surface area contributed by atoms with E-state index in [1.165, 1.54) is 6.21 Å². The summed E-state index contributed by atoms with van der Waals surface area (Å²) in [5, 5.41) is 6.97. The van der Waals surface area contributed by atoms with Crippen LogP contribution in [0.15, 0.2) is 65.8 Å². The SMILES string of the molecule is CCOc1cc(C=NNC(=O)CC(=O)Nc2cccc(Cl)c2Cl)ccc1OCc1cccc(C)c1. The number of ether oxygens (including phenoxy) is 2. The molecule has 0 unspecified atom stereocenters. The number of rotatable bonds is 10. The van der Waals surface area contributed by atoms with Crippen molar-refractivity contribution in [3.63, 3.8) is 0 Å². The van der Waals surface area contributed by atoms with Gasteiger partial charge in [0, 0.05) is 0 Å². The molecule has 7 nitrogen and oxygen atoms in total. The van der Waals surface area contributed by atoms with E-state index in [0.717, 1.165) is 11.1 Å². The van der Waals surface area contributed by atoms with Crippen LogP contribution in [0.2, 0.25) is 10.0 Å². The first-order chi connectivity index (χ1) is 16.9. The third kappa shape index (κ3) is 8.02. The van der Waals surface area contributed by atoms with Gasteiger partial charge in [0.2, 0.25) is 11.8 Å². The summed E-state index contributed by atoms with van der Waals surface area (Å²) in [5.74, 6) is 0.0368. The smallest absolute Gasteiger partial charge is 0.249 e. The summed E-state index contributed by atoms with van der Waals surface area (Å²) < 4.78 is 11.6. The Bertz CT molecular complexity index is 1230. The molecule has 3 aromatic carbocycles. The van der Waals surface area contributed by atoms with Crippen molar-refractivity contribution in [1.29, 1.82) is 0 Å². The summed E-state index contributed by atoms with van der Waals surface area (Å²) >= 11 is 12.0. The summed E-state index contributed by atoms with van der Waals surface area (Å²) in [6, 6.07) is 18.2. The number of carbonyl (C=O) groups excluding carboxylic acids is 2. The first-order valence-electron chi connectivity index (χ1n) is 10.9. The van der Waals surface area contributed by atoms with Crippen LogP contribution in [0, 0.1) is 6.92 Å². The molecule has 0 aliphatic rings. The largest absolute Gasteiger partial charge is 0.490 e. The summed E-state index contributed by atoms with van der Waals surface area (Å²) in [6.45, 7) is 4.79. The average molecular weight is 514 g/mol. The van der Waals surface area contributed by atoms with Gasteiger partial charge < -0.3 is 14.8 Å². The van der Waals surface area contributed by atoms with E-state index in [9.17, 15) is 9.59 Å². The summed E-state index contributed by atoms with van der Waals surface area (Å²) in [5.41, 5.74) is 5.57. The number of hydrazone groups is 1. The number of benzene rings is 3. The van der Waals surface area contributed by atoms with Crippen molar-refractivity contribution in [2.24, 2.45) is 5.10 Å². The van der Waals surface area contributed by atoms with Gasteiger partial charge in [0.15, 0.2) is 11.5 Å². The maximum absolute atomic E-state index is 12.1. The van der Waals surface area contributed by atoms with Gasteiger partial charge in [-0.15, -0.1) is 0 Å². The molecule has 0 spiro atoms. The molecule has 0 atom stereocenters. The number of nitrogens with zero attached hydrogens (tertiary/aromatic N) is 1. The fourth-order valence-electron chi connectivity index (χ4n) is 3.11. The van der Waals surface area contributed by atoms with Crippen molar-refractivity contribution >= 4 is 46.9 Å². The molecule has 2 N–H and O–H groups in total. The lowest BCUT2D eigenvalue weighted by Gasteiger charge is -2.13. The minimum atomic E-state index is -0.583. The van der Waals surface area contributed by atoms with Crippen molar-refractivity contribution in [2.45, 2.75) is 26.9 Å². The highest BCUT2D eigenvalue weighted by molar-refractivity contribution is 6.44. The van der Waals surface area contributed by atoms with Crippen LogP contribution in [0.1, 0.15) is 30.0 Å². The number of aryl methyl sites for hydroxylation is 1. The quantitative estimate of drug-likeness (QED) is 0.205. The van der Waals surface area contributed by atoms with Crippen molar-refractivity contribution in [2.75, 3.05) is 11.9 Å². The monoisotopic (exact) mass is 513 g/mol. The Kier molecular flexibility index (Phi) is 9.52. The van der Waals surface area contributed by atoms with E-state index in [1.54, 1.807) is 36.4 Å². The Labute approximate surface area is 214 Å². The van der Waals surface area contributed by atoms with Gasteiger partial charge >= 0.3 is 0 Å². The molecule has 0 saturated heterocycles. The third-order valence-corrected chi connectivity index (χ3v) is 5.51. The molecule has 0 bridgehead atoms. The lowest BCUT2D eigenvalue weighted by atomic mass is 10.1. The molecule has 0 aliphatic carbocycles. The predicted molar refractivity (Wildman–Crippen MR) is 139 cm³/mol. The fraction of sp³-hybridized carbons (Fsp3) is 0.192. The zero-order chi connectivity index (χ0) is 25.2. The van der Waals surface area contributed by atoms with Crippen LogP contribution in [0.5, 0.6) is 11.5 Å². The second-order valence-corrected chi connectivity index (χ2v) is 8.32. The van der Waals surface area contributed by atoms with Crippen LogP contribution in [0.3, 0.4) is 0 Å². The second kappa shape index (κ2) is 12.8. The minimum absolute atomic E-state index is 0.206. The van der Waals surface area contributed by atoms with E-state index < -0.39 is 18.2 Å². The number of hydrogen-bond donors (Lipinski definition) is 2. The van der Waals surface area contributed by atoms with Gasteiger partial charge in [-0.3, -0.25) is 9.59 Å². The molecule has 0 heterocycles. The van der Waals surface area contributed by atoms with E-state index in [2.05, 4.69) is 21.9 Å². The van der Waals surface area contributed by atoms with Crippen LogP contribution in [-0.4, -0.2) is 24.6 Å². The van der Waals surface area contributed by atoms with Gasteiger partial charge in [0.05, 0.1) is 28.6 Å². The molecule has 0 saturated carbocycles. The maximum atomic E-state index is 12.1. The van der Waals surface area contributed by atoms with E-state index in [-0.39, 0.29) is 5.02 Å². The Morgan fingerprint density at radius 2 is 1.77 bits per heavy atom. The Morgan fingerprint density at radius 3 is 2.54 bits per heavy atom. The van der Waals surface area contributed by atoms with Crippen LogP contribution in [-0.2, 0) is 16.2 Å². The summed E-state index contributed by atoms with van der Waals surface area (Å²) in [6.07, 6.45) is 1.02. The molecule has 9 heteroatoms. The first kappa shape index (κ1) is 26.1. The fourth-order valence-corrected chi connectivity index (χ4v) is 3.46. The van der Waals surface area contributed by atoms with Crippen molar-refractivity contribution in [1.82, 2.24) is 5.43 Å². The molecule has 35 heavy (non-hydrogen) atoms. The van der Waals surface area contributed by atoms with Gasteiger partial charge in [-0.25, -0.2) is 5.43 Å². The van der Waals surface area contributed by atoms with Crippen LogP contribution < -0.4 is 20.2 Å². The Hall–Kier alpha value is -3.55. The third-order valence-electron chi connectivity index (χ3n) is 4.69. The average Bonchev–Trinajstić information content (AvgIpc) is 2.82. The summed E-state index contributed by atoms with van der Waals surface area (Å²) in [4.78, 5) is 24.2. The molecular formula is C26H25Cl2N3O4. The predicted octanol–water partition coefficient (Wildman–Crippen LogP) is 5.76. The van der Waals surface area contributed by atoms with Gasteiger partial charge in [0.1, 0.15) is 13.0 Å². The number of halogens is 2. The molecule has 0 aliphatic heterocycles. The molecular weight excluding hydrogens is 489 g/mol. The molecule has 3 aromatic rings. The normalized spacial score (nSPS) is 10.7. The lowest BCUT2D eigenvalue weighted by Crippen LogP contribution is -2.24. The summed E-state index contributed by atoms with van der Waals surface area (Å²) in [7, 11) is 0. The number of amides is 2. The topological polar surface area (TPSA) is 89.0 Å². The molecule has 0 radical (unpaired) electrons. The highest BCUT2D eigenvalue weighted by atomic mass is 35.5. The van der Waals surface area contributed by atoms with Gasteiger partial charge in [-0.05, 0) is 55.3 Å². The van der Waals surface area contributed by atoms with Gasteiger partial charge in [0.25, 0.3) is 0 Å². The highest BCUT2D eigenvalue weighted by Crippen LogP contribution is 2.30. The number of nitrogens with one attached hydrogen (secondary N) is 2. The lowest BCUT2D eigenvalue weighted by molar-refractivity contribution is -0.126.